The number of benzene rings is 1. The van der Waals surface area contributed by atoms with Crippen molar-refractivity contribution in [3.05, 3.63) is 32.3 Å². The van der Waals surface area contributed by atoms with Crippen molar-refractivity contribution in [2.24, 2.45) is 0 Å². The minimum atomic E-state index is -4.61. The molecule has 6 nitrogen and oxygen atoms in total. The number of nitro groups is 1. The van der Waals surface area contributed by atoms with Crippen LogP contribution in [0.4, 0.5) is 24.5 Å². The molecule has 1 aromatic carbocycles. The number of alkyl halides is 3. The molecule has 0 heterocycles. The number of aryl methyl sites for hydroxylation is 1. The van der Waals surface area contributed by atoms with E-state index < -0.39 is 30.2 Å². The highest BCUT2D eigenvalue weighted by Crippen LogP contribution is 2.34. The molecule has 0 bridgehead atoms. The van der Waals surface area contributed by atoms with Crippen LogP contribution in [0.2, 0.25) is 0 Å². The Kier molecular flexibility index (Phi) is 5.15. The summed E-state index contributed by atoms with van der Waals surface area (Å²) in [5.74, 6) is -1.44. The molecule has 0 aliphatic rings. The molecule has 0 radical (unpaired) electrons. The summed E-state index contributed by atoms with van der Waals surface area (Å²) < 4.78 is 37.6. The summed E-state index contributed by atoms with van der Waals surface area (Å²) in [6.07, 6.45) is -4.61. The molecule has 0 fully saturated rings. The number of aliphatic carboxylic acids is 1. The summed E-state index contributed by atoms with van der Waals surface area (Å²) >= 11 is 2.94. The molecule has 1 aromatic rings. The van der Waals surface area contributed by atoms with E-state index in [1.165, 1.54) is 6.92 Å². The van der Waals surface area contributed by atoms with Crippen LogP contribution in [-0.2, 0) is 4.79 Å². The molecule has 0 aromatic heterocycles. The normalized spacial score (nSPS) is 11.3. The smallest absolute Gasteiger partial charge is 0.405 e. The SMILES string of the molecule is Cc1cc(N(CC(=O)O)CC(F)(F)F)c(Br)cc1[N+](=O)[O-]. The fourth-order valence-corrected chi connectivity index (χ4v) is 2.28. The molecule has 0 amide bonds. The van der Waals surface area contributed by atoms with Gasteiger partial charge in [0, 0.05) is 16.1 Å². The quantitative estimate of drug-likeness (QED) is 0.635. The first-order chi connectivity index (χ1) is 9.51. The molecule has 1 N–H and O–H groups in total. The van der Waals surface area contributed by atoms with E-state index in [9.17, 15) is 28.1 Å². The largest absolute Gasteiger partial charge is 0.480 e. The number of carboxylic acids is 1. The highest BCUT2D eigenvalue weighted by molar-refractivity contribution is 9.10. The first-order valence-corrected chi connectivity index (χ1v) is 6.28. The number of hydrogen-bond acceptors (Lipinski definition) is 4. The molecule has 0 atom stereocenters. The van der Waals surface area contributed by atoms with Gasteiger partial charge < -0.3 is 10.0 Å². The van der Waals surface area contributed by atoms with Gasteiger partial charge in [-0.3, -0.25) is 14.9 Å². The van der Waals surface area contributed by atoms with Crippen molar-refractivity contribution in [1.82, 2.24) is 0 Å². The van der Waals surface area contributed by atoms with Crippen LogP contribution >= 0.6 is 15.9 Å². The fourth-order valence-electron chi connectivity index (χ4n) is 1.70. The zero-order valence-electron chi connectivity index (χ0n) is 10.6. The van der Waals surface area contributed by atoms with E-state index in [-0.39, 0.29) is 21.4 Å². The van der Waals surface area contributed by atoms with E-state index in [2.05, 4.69) is 15.9 Å². The molecule has 116 valence electrons. The average Bonchev–Trinajstić information content (AvgIpc) is 2.27. The second-order valence-corrected chi connectivity index (χ2v) is 5.07. The van der Waals surface area contributed by atoms with Crippen molar-refractivity contribution < 1.29 is 28.0 Å². The van der Waals surface area contributed by atoms with Crippen LogP contribution in [0, 0.1) is 17.0 Å². The lowest BCUT2D eigenvalue weighted by molar-refractivity contribution is -0.385. The van der Waals surface area contributed by atoms with Crippen molar-refractivity contribution in [3.8, 4) is 0 Å². The van der Waals surface area contributed by atoms with Gasteiger partial charge in [0.25, 0.3) is 5.69 Å². The second-order valence-electron chi connectivity index (χ2n) is 4.21. The summed E-state index contributed by atoms with van der Waals surface area (Å²) in [5, 5.41) is 19.5. The highest BCUT2D eigenvalue weighted by Gasteiger charge is 2.33. The molecule has 0 unspecified atom stereocenters. The predicted molar refractivity (Wildman–Crippen MR) is 71.4 cm³/mol. The number of rotatable bonds is 5. The van der Waals surface area contributed by atoms with Crippen LogP contribution in [0.5, 0.6) is 0 Å². The number of carbonyl (C=O) groups is 1. The zero-order valence-corrected chi connectivity index (χ0v) is 12.2. The number of nitrogens with zero attached hydrogens (tertiary/aromatic N) is 2. The molecule has 1 rings (SSSR count). The van der Waals surface area contributed by atoms with Gasteiger partial charge in [-0.25, -0.2) is 0 Å². The maximum Gasteiger partial charge on any atom is 0.405 e. The number of nitro benzene ring substituents is 1. The first kappa shape index (κ1) is 17.2. The summed E-state index contributed by atoms with van der Waals surface area (Å²) in [5.41, 5.74) is -0.207. The lowest BCUT2D eigenvalue weighted by atomic mass is 10.1. The third kappa shape index (κ3) is 4.88. The van der Waals surface area contributed by atoms with Crippen LogP contribution in [0.15, 0.2) is 16.6 Å². The molecule has 0 aliphatic heterocycles. The Morgan fingerprint density at radius 3 is 2.48 bits per heavy atom. The Balaban J connectivity index is 3.27. The number of hydrogen-bond donors (Lipinski definition) is 1. The van der Waals surface area contributed by atoms with Gasteiger partial charge in [-0.05, 0) is 28.9 Å². The van der Waals surface area contributed by atoms with Gasteiger partial charge in [0.1, 0.15) is 13.1 Å². The van der Waals surface area contributed by atoms with E-state index >= 15 is 0 Å². The van der Waals surface area contributed by atoms with Crippen LogP contribution in [0.3, 0.4) is 0 Å². The van der Waals surface area contributed by atoms with Crippen LogP contribution < -0.4 is 4.90 Å². The summed E-state index contributed by atoms with van der Waals surface area (Å²) in [6.45, 7) is -0.995. The van der Waals surface area contributed by atoms with E-state index in [1.807, 2.05) is 0 Å². The van der Waals surface area contributed by atoms with Gasteiger partial charge in [-0.2, -0.15) is 13.2 Å². The maximum absolute atomic E-state index is 12.5. The maximum atomic E-state index is 12.5. The molecule has 0 saturated carbocycles. The summed E-state index contributed by atoms with van der Waals surface area (Å²) in [6, 6.07) is 2.20. The Morgan fingerprint density at radius 1 is 1.48 bits per heavy atom. The molecular weight excluding hydrogens is 361 g/mol. The van der Waals surface area contributed by atoms with Crippen LogP contribution in [0.25, 0.3) is 0 Å². The average molecular weight is 371 g/mol. The standard InChI is InChI=1S/C11H10BrF3N2O4/c1-6-2-9(7(12)3-8(6)17(20)21)16(4-10(18)19)5-11(13,14)15/h2-3H,4-5H2,1H3,(H,18,19). The number of carboxylic acid groups (broad SMARTS) is 1. The molecule has 0 aliphatic carbocycles. The third-order valence-electron chi connectivity index (χ3n) is 2.50. The van der Waals surface area contributed by atoms with Crippen LogP contribution in [-0.4, -0.2) is 35.3 Å². The van der Waals surface area contributed by atoms with Crippen molar-refractivity contribution in [1.29, 1.82) is 0 Å². The Morgan fingerprint density at radius 2 is 2.05 bits per heavy atom. The lowest BCUT2D eigenvalue weighted by Gasteiger charge is -2.25. The number of halogens is 4. The minimum absolute atomic E-state index is 0.0188. The topological polar surface area (TPSA) is 83.7 Å². The van der Waals surface area contributed by atoms with Crippen molar-refractivity contribution in [2.75, 3.05) is 18.0 Å². The van der Waals surface area contributed by atoms with Crippen molar-refractivity contribution in [3.63, 3.8) is 0 Å². The fraction of sp³-hybridized carbons (Fsp3) is 0.364. The molecule has 21 heavy (non-hydrogen) atoms. The van der Waals surface area contributed by atoms with Crippen LogP contribution in [0.1, 0.15) is 5.56 Å². The van der Waals surface area contributed by atoms with Gasteiger partial charge in [0.15, 0.2) is 0 Å². The third-order valence-corrected chi connectivity index (χ3v) is 3.13. The Bertz CT molecular complexity index is 577. The minimum Gasteiger partial charge on any atom is -0.480 e. The van der Waals surface area contributed by atoms with E-state index in [0.29, 0.717) is 4.90 Å². The van der Waals surface area contributed by atoms with Gasteiger partial charge in [-0.15, -0.1) is 0 Å². The predicted octanol–water partition coefficient (Wildman–Crippen LogP) is 3.12. The van der Waals surface area contributed by atoms with Gasteiger partial charge in [0.2, 0.25) is 0 Å². The van der Waals surface area contributed by atoms with Gasteiger partial charge in [0.05, 0.1) is 10.6 Å². The number of anilines is 1. The molecule has 10 heteroatoms. The molecular formula is C11H10BrF3N2O4. The van der Waals surface area contributed by atoms with E-state index in [4.69, 9.17) is 5.11 Å². The van der Waals surface area contributed by atoms with Gasteiger partial charge >= 0.3 is 12.1 Å². The zero-order chi connectivity index (χ0) is 16.4. The first-order valence-electron chi connectivity index (χ1n) is 5.49. The van der Waals surface area contributed by atoms with Crippen molar-refractivity contribution in [2.45, 2.75) is 13.1 Å². The monoisotopic (exact) mass is 370 g/mol. The molecule has 0 spiro atoms. The lowest BCUT2D eigenvalue weighted by Crippen LogP contribution is -2.38. The Labute approximate surface area is 125 Å². The van der Waals surface area contributed by atoms with E-state index in [0.717, 1.165) is 12.1 Å². The van der Waals surface area contributed by atoms with Crippen molar-refractivity contribution >= 4 is 33.3 Å². The summed E-state index contributed by atoms with van der Waals surface area (Å²) in [4.78, 5) is 21.4. The summed E-state index contributed by atoms with van der Waals surface area (Å²) in [7, 11) is 0. The highest BCUT2D eigenvalue weighted by atomic mass is 79.9. The second kappa shape index (κ2) is 6.29. The molecule has 0 saturated heterocycles. The van der Waals surface area contributed by atoms with E-state index in [1.54, 1.807) is 0 Å². The Hall–Kier alpha value is -1.84. The van der Waals surface area contributed by atoms with Gasteiger partial charge in [-0.1, -0.05) is 0 Å².